The molecule has 1 unspecified atom stereocenters. The predicted octanol–water partition coefficient (Wildman–Crippen LogP) is 4.12. The van der Waals surface area contributed by atoms with Crippen LogP contribution in [0.25, 0.3) is 0 Å². The average molecular weight is 343 g/mol. The predicted molar refractivity (Wildman–Crippen MR) is 98.8 cm³/mol. The van der Waals surface area contributed by atoms with E-state index in [9.17, 15) is 4.79 Å². The van der Waals surface area contributed by atoms with Crippen LogP contribution >= 0.6 is 0 Å². The van der Waals surface area contributed by atoms with Crippen LogP contribution in [0.4, 0.5) is 5.69 Å². The Hall–Kier alpha value is -2.69. The molecule has 0 bridgehead atoms. The molecule has 0 aliphatic rings. The summed E-state index contributed by atoms with van der Waals surface area (Å²) in [5, 5.41) is 2.87. The van der Waals surface area contributed by atoms with Crippen molar-refractivity contribution in [1.82, 2.24) is 0 Å². The number of amides is 1. The molecule has 0 fully saturated rings. The Kier molecular flexibility index (Phi) is 6.28. The number of hydrogen-bond acceptors (Lipinski definition) is 4. The van der Waals surface area contributed by atoms with Crippen molar-refractivity contribution in [3.8, 4) is 17.2 Å². The highest BCUT2D eigenvalue weighted by Gasteiger charge is 2.20. The molecule has 25 heavy (non-hydrogen) atoms. The summed E-state index contributed by atoms with van der Waals surface area (Å²) in [5.74, 6) is 1.67. The van der Waals surface area contributed by atoms with E-state index in [1.54, 1.807) is 32.4 Å². The molecule has 1 N–H and O–H groups in total. The van der Waals surface area contributed by atoms with Gasteiger partial charge < -0.3 is 19.5 Å². The maximum Gasteiger partial charge on any atom is 0.265 e. The number of ether oxygens (including phenoxy) is 3. The molecule has 1 atom stereocenters. The zero-order valence-electron chi connectivity index (χ0n) is 15.4. The highest BCUT2D eigenvalue weighted by atomic mass is 16.5. The third-order valence-corrected chi connectivity index (χ3v) is 3.80. The second kappa shape index (κ2) is 8.42. The second-order valence-electron chi connectivity index (χ2n) is 5.89. The summed E-state index contributed by atoms with van der Waals surface area (Å²) < 4.78 is 16.4. The third-order valence-electron chi connectivity index (χ3n) is 3.80. The molecule has 0 heterocycles. The van der Waals surface area contributed by atoms with Gasteiger partial charge in [-0.2, -0.15) is 0 Å². The van der Waals surface area contributed by atoms with Crippen molar-refractivity contribution in [2.45, 2.75) is 33.3 Å². The van der Waals surface area contributed by atoms with Gasteiger partial charge in [0.2, 0.25) is 0 Å². The summed E-state index contributed by atoms with van der Waals surface area (Å²) in [4.78, 5) is 12.7. The highest BCUT2D eigenvalue weighted by molar-refractivity contribution is 5.95. The second-order valence-corrected chi connectivity index (χ2v) is 5.89. The van der Waals surface area contributed by atoms with Crippen molar-refractivity contribution in [3.63, 3.8) is 0 Å². The normalized spacial score (nSPS) is 11.6. The molecule has 2 aromatic carbocycles. The molecule has 1 amide bonds. The Balaban J connectivity index is 2.17. The minimum atomic E-state index is -0.600. The molecule has 5 nitrogen and oxygen atoms in total. The standard InChI is InChI=1S/C20H25NO4/c1-6-18(25-16-10-13(2)9-14(3)11-16)20(22)21-17-12-15(23-4)7-8-19(17)24-5/h7-12,18H,6H2,1-5H3,(H,21,22). The first kappa shape index (κ1) is 18.6. The number of rotatable bonds is 7. The maximum absolute atomic E-state index is 12.7. The lowest BCUT2D eigenvalue weighted by molar-refractivity contribution is -0.122. The Morgan fingerprint density at radius 2 is 1.68 bits per heavy atom. The van der Waals surface area contributed by atoms with Crippen LogP contribution in [0, 0.1) is 13.8 Å². The van der Waals surface area contributed by atoms with Crippen LogP contribution in [0.3, 0.4) is 0 Å². The van der Waals surface area contributed by atoms with Crippen molar-refractivity contribution in [2.24, 2.45) is 0 Å². The molecule has 0 saturated carbocycles. The van der Waals surface area contributed by atoms with Gasteiger partial charge in [-0.25, -0.2) is 0 Å². The summed E-state index contributed by atoms with van der Waals surface area (Å²) in [7, 11) is 3.13. The molecule has 134 valence electrons. The lowest BCUT2D eigenvalue weighted by Gasteiger charge is -2.19. The van der Waals surface area contributed by atoms with Crippen LogP contribution in [0.5, 0.6) is 17.2 Å². The number of carbonyl (C=O) groups excluding carboxylic acids is 1. The fraction of sp³-hybridized carbons (Fsp3) is 0.350. The Bertz CT molecular complexity index is 722. The van der Waals surface area contributed by atoms with E-state index in [0.29, 0.717) is 29.4 Å². The fourth-order valence-corrected chi connectivity index (χ4v) is 2.61. The number of methoxy groups -OCH3 is 2. The number of anilines is 1. The highest BCUT2D eigenvalue weighted by Crippen LogP contribution is 2.29. The van der Waals surface area contributed by atoms with Gasteiger partial charge in [0.1, 0.15) is 17.2 Å². The lowest BCUT2D eigenvalue weighted by atomic mass is 10.1. The van der Waals surface area contributed by atoms with Crippen LogP contribution < -0.4 is 19.5 Å². The van der Waals surface area contributed by atoms with Crippen LogP contribution in [-0.4, -0.2) is 26.2 Å². The summed E-state index contributed by atoms with van der Waals surface area (Å²) in [6.07, 6.45) is -0.0532. The zero-order chi connectivity index (χ0) is 18.4. The molecule has 0 spiro atoms. The van der Waals surface area contributed by atoms with Gasteiger partial charge in [-0.05, 0) is 55.7 Å². The SMILES string of the molecule is CCC(Oc1cc(C)cc(C)c1)C(=O)Nc1cc(OC)ccc1OC. The van der Waals surface area contributed by atoms with Crippen LogP contribution in [0.2, 0.25) is 0 Å². The maximum atomic E-state index is 12.7. The molecule has 0 saturated heterocycles. The first-order chi connectivity index (χ1) is 12.0. The number of hydrogen-bond donors (Lipinski definition) is 1. The molecule has 0 aliphatic carbocycles. The van der Waals surface area contributed by atoms with E-state index in [-0.39, 0.29) is 5.91 Å². The van der Waals surface area contributed by atoms with E-state index in [2.05, 4.69) is 11.4 Å². The van der Waals surface area contributed by atoms with E-state index < -0.39 is 6.10 Å². The summed E-state index contributed by atoms with van der Waals surface area (Å²) >= 11 is 0. The molecule has 2 aromatic rings. The summed E-state index contributed by atoms with van der Waals surface area (Å²) in [6, 6.07) is 11.2. The first-order valence-electron chi connectivity index (χ1n) is 8.24. The smallest absolute Gasteiger partial charge is 0.265 e. The van der Waals surface area contributed by atoms with E-state index in [1.807, 2.05) is 32.9 Å². The van der Waals surface area contributed by atoms with Crippen LogP contribution in [0.15, 0.2) is 36.4 Å². The Labute approximate surface area is 148 Å². The van der Waals surface area contributed by atoms with Crippen molar-refractivity contribution < 1.29 is 19.0 Å². The van der Waals surface area contributed by atoms with Crippen molar-refractivity contribution >= 4 is 11.6 Å². The van der Waals surface area contributed by atoms with E-state index in [4.69, 9.17) is 14.2 Å². The molecule has 0 aliphatic heterocycles. The Morgan fingerprint density at radius 3 is 2.24 bits per heavy atom. The first-order valence-corrected chi connectivity index (χ1v) is 8.24. The van der Waals surface area contributed by atoms with Crippen LogP contribution in [-0.2, 0) is 4.79 Å². The largest absolute Gasteiger partial charge is 0.497 e. The lowest BCUT2D eigenvalue weighted by Crippen LogP contribution is -2.32. The van der Waals surface area contributed by atoms with Gasteiger partial charge in [-0.3, -0.25) is 4.79 Å². The summed E-state index contributed by atoms with van der Waals surface area (Å²) in [6.45, 7) is 5.92. The van der Waals surface area contributed by atoms with Gasteiger partial charge in [-0.15, -0.1) is 0 Å². The molecule has 5 heteroatoms. The number of nitrogens with one attached hydrogen (secondary N) is 1. The van der Waals surface area contributed by atoms with Crippen LogP contribution in [0.1, 0.15) is 24.5 Å². The number of benzene rings is 2. The van der Waals surface area contributed by atoms with E-state index >= 15 is 0 Å². The Morgan fingerprint density at radius 1 is 1.00 bits per heavy atom. The van der Waals surface area contributed by atoms with Crippen molar-refractivity contribution in [1.29, 1.82) is 0 Å². The minimum absolute atomic E-state index is 0.229. The average Bonchev–Trinajstić information content (AvgIpc) is 2.58. The van der Waals surface area contributed by atoms with Gasteiger partial charge in [0.15, 0.2) is 6.10 Å². The van der Waals surface area contributed by atoms with Gasteiger partial charge in [0.25, 0.3) is 5.91 Å². The van der Waals surface area contributed by atoms with Gasteiger partial charge in [-0.1, -0.05) is 13.0 Å². The quantitative estimate of drug-likeness (QED) is 0.822. The van der Waals surface area contributed by atoms with Crippen molar-refractivity contribution in [2.75, 3.05) is 19.5 Å². The molecule has 0 aromatic heterocycles. The monoisotopic (exact) mass is 343 g/mol. The van der Waals surface area contributed by atoms with Gasteiger partial charge >= 0.3 is 0 Å². The molecule has 0 radical (unpaired) electrons. The number of aryl methyl sites for hydroxylation is 2. The zero-order valence-corrected chi connectivity index (χ0v) is 15.4. The van der Waals surface area contributed by atoms with Crippen molar-refractivity contribution in [3.05, 3.63) is 47.5 Å². The van der Waals surface area contributed by atoms with Gasteiger partial charge in [0.05, 0.1) is 19.9 Å². The van der Waals surface area contributed by atoms with E-state index in [1.165, 1.54) is 0 Å². The van der Waals surface area contributed by atoms with E-state index in [0.717, 1.165) is 11.1 Å². The topological polar surface area (TPSA) is 56.8 Å². The third kappa shape index (κ3) is 4.89. The number of carbonyl (C=O) groups is 1. The summed E-state index contributed by atoms with van der Waals surface area (Å²) in [5.41, 5.74) is 2.74. The van der Waals surface area contributed by atoms with Gasteiger partial charge in [0, 0.05) is 6.07 Å². The molecular formula is C20H25NO4. The molecular weight excluding hydrogens is 318 g/mol. The fourth-order valence-electron chi connectivity index (χ4n) is 2.61. The minimum Gasteiger partial charge on any atom is -0.497 e. The molecule has 2 rings (SSSR count).